The number of allylic oxidation sites excluding steroid dienone is 2. The summed E-state index contributed by atoms with van der Waals surface area (Å²) in [6.07, 6.45) is 8.15. The average molecular weight is 274 g/mol. The molecule has 1 unspecified atom stereocenters. The number of anilines is 1. The van der Waals surface area contributed by atoms with Gasteiger partial charge in [-0.3, -0.25) is 4.79 Å². The Balaban J connectivity index is 1.60. The second-order valence-electron chi connectivity index (χ2n) is 5.12. The number of nitrogens with one attached hydrogen (secondary N) is 1. The first-order valence-corrected chi connectivity index (χ1v) is 7.14. The fourth-order valence-corrected chi connectivity index (χ4v) is 2.21. The van der Waals surface area contributed by atoms with E-state index in [0.29, 0.717) is 24.6 Å². The summed E-state index contributed by atoms with van der Waals surface area (Å²) in [7, 11) is 0. The molecule has 0 heterocycles. The van der Waals surface area contributed by atoms with Crippen LogP contribution in [-0.4, -0.2) is 19.1 Å². The molecule has 1 aromatic carbocycles. The predicted octanol–water partition coefficient (Wildman–Crippen LogP) is 2.51. The number of carbonyl (C=O) groups excluding carboxylic acids is 1. The Morgan fingerprint density at radius 1 is 1.30 bits per heavy atom. The van der Waals surface area contributed by atoms with Crippen LogP contribution in [0.3, 0.4) is 0 Å². The molecule has 0 fully saturated rings. The van der Waals surface area contributed by atoms with E-state index in [1.54, 1.807) is 12.1 Å². The molecule has 20 heavy (non-hydrogen) atoms. The van der Waals surface area contributed by atoms with Gasteiger partial charge in [-0.1, -0.05) is 12.2 Å². The third-order valence-corrected chi connectivity index (χ3v) is 3.44. The zero-order valence-corrected chi connectivity index (χ0v) is 11.7. The number of hydrogen-bond donors (Lipinski definition) is 2. The van der Waals surface area contributed by atoms with Gasteiger partial charge in [0, 0.05) is 12.2 Å². The van der Waals surface area contributed by atoms with Crippen molar-refractivity contribution in [3.8, 4) is 5.75 Å². The Hall–Kier alpha value is -1.97. The molecule has 0 spiro atoms. The normalized spacial score (nSPS) is 17.7. The van der Waals surface area contributed by atoms with E-state index in [0.717, 1.165) is 25.1 Å². The Labute approximate surface area is 120 Å². The maximum absolute atomic E-state index is 11.7. The fraction of sp³-hybridized carbons (Fsp3) is 0.438. The van der Waals surface area contributed by atoms with Crippen LogP contribution in [0, 0.1) is 5.92 Å². The third-order valence-electron chi connectivity index (χ3n) is 3.44. The van der Waals surface area contributed by atoms with Crippen LogP contribution in [0.4, 0.5) is 5.69 Å². The van der Waals surface area contributed by atoms with Gasteiger partial charge in [0.25, 0.3) is 0 Å². The number of carbonyl (C=O) groups is 1. The van der Waals surface area contributed by atoms with Crippen LogP contribution in [0.5, 0.6) is 5.75 Å². The average Bonchev–Trinajstić information content (AvgIpc) is 2.48. The van der Waals surface area contributed by atoms with Gasteiger partial charge in [-0.15, -0.1) is 0 Å². The largest absolute Gasteiger partial charge is 0.493 e. The minimum absolute atomic E-state index is 0.0509. The maximum atomic E-state index is 11.7. The Kier molecular flexibility index (Phi) is 5.47. The van der Waals surface area contributed by atoms with E-state index >= 15 is 0 Å². The van der Waals surface area contributed by atoms with Gasteiger partial charge >= 0.3 is 0 Å². The van der Waals surface area contributed by atoms with Gasteiger partial charge < -0.3 is 15.8 Å². The molecule has 0 saturated carbocycles. The quantitative estimate of drug-likeness (QED) is 0.619. The summed E-state index contributed by atoms with van der Waals surface area (Å²) in [6, 6.07) is 7.18. The van der Waals surface area contributed by atoms with Crippen LogP contribution in [0.15, 0.2) is 36.4 Å². The number of amides is 1. The van der Waals surface area contributed by atoms with Crippen molar-refractivity contribution in [2.45, 2.75) is 25.7 Å². The summed E-state index contributed by atoms with van der Waals surface area (Å²) in [5.74, 6) is 1.38. The van der Waals surface area contributed by atoms with Gasteiger partial charge in [0.2, 0.25) is 5.91 Å². The van der Waals surface area contributed by atoms with E-state index in [9.17, 15) is 4.79 Å². The molecule has 4 heteroatoms. The highest BCUT2D eigenvalue weighted by molar-refractivity contribution is 5.75. The number of ether oxygens (including phenoxy) is 1. The highest BCUT2D eigenvalue weighted by Crippen LogP contribution is 2.17. The summed E-state index contributed by atoms with van der Waals surface area (Å²) in [5.41, 5.74) is 6.29. The van der Waals surface area contributed by atoms with E-state index in [1.807, 2.05) is 12.1 Å². The van der Waals surface area contributed by atoms with Crippen molar-refractivity contribution in [1.29, 1.82) is 0 Å². The molecule has 0 bridgehead atoms. The van der Waals surface area contributed by atoms with Crippen molar-refractivity contribution < 1.29 is 9.53 Å². The molecular weight excluding hydrogens is 252 g/mol. The van der Waals surface area contributed by atoms with E-state index < -0.39 is 0 Å². The topological polar surface area (TPSA) is 64.3 Å². The van der Waals surface area contributed by atoms with E-state index in [4.69, 9.17) is 10.5 Å². The van der Waals surface area contributed by atoms with Crippen molar-refractivity contribution in [3.05, 3.63) is 36.4 Å². The lowest BCUT2D eigenvalue weighted by Gasteiger charge is -2.18. The number of nitrogen functional groups attached to an aromatic ring is 1. The summed E-state index contributed by atoms with van der Waals surface area (Å²) in [6.45, 7) is 1.16. The first kappa shape index (κ1) is 14.4. The second-order valence-corrected chi connectivity index (χ2v) is 5.12. The van der Waals surface area contributed by atoms with Gasteiger partial charge in [0.15, 0.2) is 0 Å². The molecule has 108 valence electrons. The predicted molar refractivity (Wildman–Crippen MR) is 80.5 cm³/mol. The van der Waals surface area contributed by atoms with Gasteiger partial charge in [-0.2, -0.15) is 0 Å². The van der Waals surface area contributed by atoms with Gasteiger partial charge in [0.1, 0.15) is 5.75 Å². The zero-order valence-electron chi connectivity index (χ0n) is 11.7. The Morgan fingerprint density at radius 3 is 2.80 bits per heavy atom. The molecule has 3 N–H and O–H groups in total. The first-order chi connectivity index (χ1) is 9.74. The molecule has 0 aromatic heterocycles. The number of rotatable bonds is 6. The second kappa shape index (κ2) is 7.58. The molecule has 0 saturated heterocycles. The number of hydrogen-bond acceptors (Lipinski definition) is 3. The zero-order chi connectivity index (χ0) is 14.2. The summed E-state index contributed by atoms with van der Waals surface area (Å²) < 4.78 is 5.50. The lowest BCUT2D eigenvalue weighted by molar-refractivity contribution is -0.121. The summed E-state index contributed by atoms with van der Waals surface area (Å²) >= 11 is 0. The third kappa shape index (κ3) is 4.96. The molecule has 4 nitrogen and oxygen atoms in total. The molecule has 1 aromatic rings. The Morgan fingerprint density at radius 2 is 2.10 bits per heavy atom. The summed E-state index contributed by atoms with van der Waals surface area (Å²) in [5, 5.41) is 2.97. The van der Waals surface area contributed by atoms with Crippen molar-refractivity contribution >= 4 is 11.6 Å². The van der Waals surface area contributed by atoms with E-state index in [2.05, 4.69) is 17.5 Å². The van der Waals surface area contributed by atoms with Gasteiger partial charge in [0.05, 0.1) is 13.0 Å². The SMILES string of the molecule is Nc1ccc(OCCC(=O)NCC2CC=CCC2)cc1. The number of benzene rings is 1. The molecule has 0 radical (unpaired) electrons. The number of nitrogens with two attached hydrogens (primary N) is 1. The standard InChI is InChI=1S/C16H22N2O2/c17-14-6-8-15(9-7-14)20-11-10-16(19)18-12-13-4-2-1-3-5-13/h1-2,6-9,13H,3-5,10-12,17H2,(H,18,19). The van der Waals surface area contributed by atoms with Gasteiger partial charge in [-0.25, -0.2) is 0 Å². The lowest BCUT2D eigenvalue weighted by atomic mass is 9.94. The van der Waals surface area contributed by atoms with Gasteiger partial charge in [-0.05, 0) is 49.4 Å². The molecule has 0 aliphatic heterocycles. The van der Waals surface area contributed by atoms with E-state index in [1.165, 1.54) is 6.42 Å². The smallest absolute Gasteiger partial charge is 0.223 e. The van der Waals surface area contributed by atoms with Crippen molar-refractivity contribution in [1.82, 2.24) is 5.32 Å². The van der Waals surface area contributed by atoms with Crippen LogP contribution in [0.25, 0.3) is 0 Å². The first-order valence-electron chi connectivity index (χ1n) is 7.14. The summed E-state index contributed by atoms with van der Waals surface area (Å²) in [4.78, 5) is 11.7. The minimum atomic E-state index is 0.0509. The molecule has 2 rings (SSSR count). The van der Waals surface area contributed by atoms with Crippen LogP contribution in [-0.2, 0) is 4.79 Å². The van der Waals surface area contributed by atoms with Crippen LogP contribution in [0.2, 0.25) is 0 Å². The molecule has 1 amide bonds. The van der Waals surface area contributed by atoms with Crippen molar-refractivity contribution in [2.24, 2.45) is 5.92 Å². The minimum Gasteiger partial charge on any atom is -0.493 e. The molecule has 1 aliphatic carbocycles. The van der Waals surface area contributed by atoms with Crippen LogP contribution in [0.1, 0.15) is 25.7 Å². The molecule has 1 aliphatic rings. The van der Waals surface area contributed by atoms with Crippen molar-refractivity contribution in [3.63, 3.8) is 0 Å². The van der Waals surface area contributed by atoms with Crippen molar-refractivity contribution in [2.75, 3.05) is 18.9 Å². The Bertz CT molecular complexity index is 454. The highest BCUT2D eigenvalue weighted by Gasteiger charge is 2.11. The highest BCUT2D eigenvalue weighted by atomic mass is 16.5. The fourth-order valence-electron chi connectivity index (χ4n) is 2.21. The maximum Gasteiger partial charge on any atom is 0.223 e. The lowest BCUT2D eigenvalue weighted by Crippen LogP contribution is -2.30. The van der Waals surface area contributed by atoms with E-state index in [-0.39, 0.29) is 5.91 Å². The van der Waals surface area contributed by atoms with Crippen LogP contribution < -0.4 is 15.8 Å². The monoisotopic (exact) mass is 274 g/mol. The molecular formula is C16H22N2O2. The molecule has 1 atom stereocenters. The van der Waals surface area contributed by atoms with Crippen LogP contribution >= 0.6 is 0 Å².